The summed E-state index contributed by atoms with van der Waals surface area (Å²) >= 11 is -4.92. The van der Waals surface area contributed by atoms with E-state index in [1.54, 1.807) is 6.07 Å². The number of hydrogen-bond donors (Lipinski definition) is 3. The van der Waals surface area contributed by atoms with Gasteiger partial charge in [0.1, 0.15) is 11.6 Å². The second-order valence-electron chi connectivity index (χ2n) is 4.85. The molecule has 10 heteroatoms. The van der Waals surface area contributed by atoms with Crippen LogP contribution in [0.2, 0.25) is 0 Å². The number of anilines is 1. The van der Waals surface area contributed by atoms with Crippen molar-refractivity contribution >= 4 is 36.1 Å². The van der Waals surface area contributed by atoms with Gasteiger partial charge in [0, 0.05) is 13.0 Å². The van der Waals surface area contributed by atoms with Crippen LogP contribution in [0.4, 0.5) is 10.1 Å². The SMILES string of the molecule is CC(=O)Nc1ccccc1[As](=O)(O)OO.CC(=O)Oc1cccc(F)c1. The van der Waals surface area contributed by atoms with E-state index in [2.05, 4.69) is 13.9 Å². The van der Waals surface area contributed by atoms with E-state index in [-0.39, 0.29) is 21.7 Å². The quantitative estimate of drug-likeness (QED) is 0.221. The summed E-state index contributed by atoms with van der Waals surface area (Å²) in [6.07, 6.45) is 0. The van der Waals surface area contributed by atoms with E-state index in [0.717, 1.165) is 6.07 Å². The fraction of sp³-hybridized carbons (Fsp3) is 0.125. The van der Waals surface area contributed by atoms with Crippen LogP contribution < -0.4 is 14.4 Å². The Balaban J connectivity index is 0.000000273. The molecule has 8 nitrogen and oxygen atoms in total. The number of para-hydroxylation sites is 1. The van der Waals surface area contributed by atoms with Crippen molar-refractivity contribution in [2.75, 3.05) is 5.32 Å². The van der Waals surface area contributed by atoms with E-state index in [0.29, 0.717) is 0 Å². The number of amides is 1. The zero-order chi connectivity index (χ0) is 19.7. The number of benzene rings is 2. The van der Waals surface area contributed by atoms with E-state index in [4.69, 9.17) is 5.26 Å². The van der Waals surface area contributed by atoms with Gasteiger partial charge >= 0.3 is 94.4 Å². The number of nitrogens with one attached hydrogen (secondary N) is 1. The molecule has 0 fully saturated rings. The van der Waals surface area contributed by atoms with Crippen LogP contribution in [0, 0.1) is 5.82 Å². The van der Waals surface area contributed by atoms with E-state index < -0.39 is 26.0 Å². The van der Waals surface area contributed by atoms with Crippen molar-refractivity contribution in [2.45, 2.75) is 13.8 Å². The van der Waals surface area contributed by atoms with Gasteiger partial charge in [-0.25, -0.2) is 4.39 Å². The monoisotopic (exact) mass is 429 g/mol. The normalized spacial score (nSPS) is 12.2. The molecule has 1 unspecified atom stereocenters. The van der Waals surface area contributed by atoms with Gasteiger partial charge in [-0.2, -0.15) is 0 Å². The topological polar surface area (TPSA) is 122 Å². The van der Waals surface area contributed by atoms with Gasteiger partial charge in [-0.15, -0.1) is 0 Å². The molecule has 0 heterocycles. The summed E-state index contributed by atoms with van der Waals surface area (Å²) in [6, 6.07) is 11.3. The van der Waals surface area contributed by atoms with Gasteiger partial charge in [-0.3, -0.25) is 4.79 Å². The fourth-order valence-electron chi connectivity index (χ4n) is 1.76. The molecule has 0 saturated carbocycles. The van der Waals surface area contributed by atoms with Gasteiger partial charge in [0.05, 0.1) is 0 Å². The predicted molar refractivity (Wildman–Crippen MR) is 90.5 cm³/mol. The molecule has 2 rings (SSSR count). The number of ether oxygens (including phenoxy) is 1. The standard InChI is InChI=1S/C8H10AsNO5.C8H7FO2/c1-6(11)10-8-5-3-2-4-7(8)9(12,13)15-14;1-6(10)11-8-4-2-3-7(9)5-8/h2-5,14H,1H3,(H,10,11)(H,12,13);2-5H,1H3. The summed E-state index contributed by atoms with van der Waals surface area (Å²) in [7, 11) is 0. The summed E-state index contributed by atoms with van der Waals surface area (Å²) in [5, 5.41) is 10.7. The molecule has 0 aliphatic carbocycles. The van der Waals surface area contributed by atoms with Crippen LogP contribution in [0.3, 0.4) is 0 Å². The molecule has 0 bridgehead atoms. The molecule has 0 spiro atoms. The predicted octanol–water partition coefficient (Wildman–Crippen LogP) is 1.45. The Morgan fingerprint density at radius 3 is 2.31 bits per heavy atom. The smallest absolute Gasteiger partial charge is 0.308 e. The van der Waals surface area contributed by atoms with Gasteiger partial charge in [0.2, 0.25) is 0 Å². The minimum Gasteiger partial charge on any atom is -0.427 e. The Hall–Kier alpha value is -2.45. The zero-order valence-corrected chi connectivity index (χ0v) is 15.8. The Morgan fingerprint density at radius 1 is 1.12 bits per heavy atom. The summed E-state index contributed by atoms with van der Waals surface area (Å²) in [5.74, 6) is -1.01. The third kappa shape index (κ3) is 7.20. The fourth-order valence-corrected chi connectivity index (χ4v) is 3.43. The average molecular weight is 429 g/mol. The minimum absolute atomic E-state index is 0.103. The number of esters is 1. The molecule has 0 aliphatic rings. The van der Waals surface area contributed by atoms with Crippen molar-refractivity contribution in [3.05, 3.63) is 54.3 Å². The summed E-state index contributed by atoms with van der Waals surface area (Å²) in [5.41, 5.74) is 0.157. The van der Waals surface area contributed by atoms with Gasteiger partial charge in [-0.1, -0.05) is 6.07 Å². The first-order valence-electron chi connectivity index (χ1n) is 7.13. The summed E-state index contributed by atoms with van der Waals surface area (Å²) < 4.78 is 41.2. The Morgan fingerprint density at radius 2 is 1.77 bits per heavy atom. The minimum atomic E-state index is -4.92. The second kappa shape index (κ2) is 9.88. The number of carbonyl (C=O) groups is 2. The molecular weight excluding hydrogens is 412 g/mol. The third-order valence-electron chi connectivity index (χ3n) is 2.69. The first-order valence-corrected chi connectivity index (χ1v) is 10.4. The molecule has 26 heavy (non-hydrogen) atoms. The van der Waals surface area contributed by atoms with Gasteiger partial charge in [-0.05, 0) is 12.1 Å². The molecule has 0 radical (unpaired) electrons. The Bertz CT molecular complexity index is 828. The van der Waals surface area contributed by atoms with E-state index in [1.807, 2.05) is 0 Å². The van der Waals surface area contributed by atoms with Gasteiger partial charge < -0.3 is 4.74 Å². The van der Waals surface area contributed by atoms with E-state index in [9.17, 15) is 21.8 Å². The van der Waals surface area contributed by atoms with Crippen LogP contribution in [0.1, 0.15) is 13.8 Å². The maximum atomic E-state index is 12.4. The molecule has 2 aromatic carbocycles. The third-order valence-corrected chi connectivity index (χ3v) is 5.25. The molecule has 1 amide bonds. The van der Waals surface area contributed by atoms with Crippen LogP contribution in [0.25, 0.3) is 0 Å². The summed E-state index contributed by atoms with van der Waals surface area (Å²) in [6.45, 7) is 2.54. The van der Waals surface area contributed by atoms with Crippen molar-refractivity contribution in [2.24, 2.45) is 0 Å². The maximum absolute atomic E-state index is 12.4. The van der Waals surface area contributed by atoms with Crippen LogP contribution >= 0.6 is 0 Å². The second-order valence-corrected chi connectivity index (χ2v) is 8.39. The van der Waals surface area contributed by atoms with Crippen molar-refractivity contribution < 1.29 is 35.7 Å². The van der Waals surface area contributed by atoms with Gasteiger partial charge in [0.25, 0.3) is 0 Å². The first kappa shape index (κ1) is 21.6. The summed E-state index contributed by atoms with van der Waals surface area (Å²) in [4.78, 5) is 21.2. The van der Waals surface area contributed by atoms with E-state index >= 15 is 0 Å². The number of hydrogen-bond acceptors (Lipinski definition) is 6. The Labute approximate surface area is 151 Å². The molecule has 2 aromatic rings. The molecule has 0 saturated heterocycles. The first-order chi connectivity index (χ1) is 12.2. The number of halogens is 1. The maximum Gasteiger partial charge on any atom is 0.308 e. The molecule has 140 valence electrons. The number of carbonyl (C=O) groups excluding carboxylic acids is 2. The largest absolute Gasteiger partial charge is 0.427 e. The van der Waals surface area contributed by atoms with Crippen LogP contribution in [-0.4, -0.2) is 35.4 Å². The van der Waals surface area contributed by atoms with Crippen molar-refractivity contribution in [1.82, 2.24) is 0 Å². The number of rotatable bonds is 4. The van der Waals surface area contributed by atoms with Crippen LogP contribution in [0.15, 0.2) is 48.5 Å². The van der Waals surface area contributed by atoms with Crippen LogP contribution in [-0.2, 0) is 17.2 Å². The molecule has 1 atom stereocenters. The van der Waals surface area contributed by atoms with Gasteiger partial charge in [0.15, 0.2) is 0 Å². The molecule has 0 aliphatic heterocycles. The van der Waals surface area contributed by atoms with Crippen molar-refractivity contribution in [1.29, 1.82) is 0 Å². The average Bonchev–Trinajstić information content (AvgIpc) is 2.54. The molecule has 3 N–H and O–H groups in total. The molecular formula is C16H17AsFNO7. The molecule has 0 aromatic heterocycles. The van der Waals surface area contributed by atoms with Crippen molar-refractivity contribution in [3.8, 4) is 5.75 Å². The van der Waals surface area contributed by atoms with Crippen molar-refractivity contribution in [3.63, 3.8) is 0 Å². The van der Waals surface area contributed by atoms with E-state index in [1.165, 1.54) is 50.2 Å². The van der Waals surface area contributed by atoms with Crippen LogP contribution in [0.5, 0.6) is 5.75 Å². The zero-order valence-electron chi connectivity index (χ0n) is 13.9. The Kier molecular flexibility index (Phi) is 8.21.